The van der Waals surface area contributed by atoms with Crippen LogP contribution in [0.5, 0.6) is 0 Å². The fraction of sp³-hybridized carbons (Fsp3) is 0.130. The number of anilines is 2. The topological polar surface area (TPSA) is 83.6 Å². The molecule has 1 amide bonds. The summed E-state index contributed by atoms with van der Waals surface area (Å²) in [5.41, 5.74) is 2.17. The van der Waals surface area contributed by atoms with E-state index >= 15 is 0 Å². The predicted molar refractivity (Wildman–Crippen MR) is 122 cm³/mol. The molecular formula is C23H21ClN2O4S. The summed E-state index contributed by atoms with van der Waals surface area (Å²) >= 11 is 5.89. The van der Waals surface area contributed by atoms with E-state index in [0.29, 0.717) is 22.0 Å². The van der Waals surface area contributed by atoms with E-state index in [2.05, 4.69) is 5.32 Å². The quantitative estimate of drug-likeness (QED) is 0.523. The number of hydrogen-bond donors (Lipinski definition) is 1. The average molecular weight is 457 g/mol. The van der Waals surface area contributed by atoms with Crippen molar-refractivity contribution in [2.45, 2.75) is 18.7 Å². The Kier molecular flexibility index (Phi) is 6.77. The molecule has 160 valence electrons. The second-order valence-corrected chi connectivity index (χ2v) is 9.29. The van der Waals surface area contributed by atoms with Crippen molar-refractivity contribution in [1.82, 2.24) is 0 Å². The van der Waals surface area contributed by atoms with Gasteiger partial charge in [-0.1, -0.05) is 41.4 Å². The number of amides is 1. The lowest BCUT2D eigenvalue weighted by Gasteiger charge is -2.24. The lowest BCUT2D eigenvalue weighted by Crippen LogP contribution is -2.38. The molecule has 0 saturated heterocycles. The zero-order valence-electron chi connectivity index (χ0n) is 17.0. The Morgan fingerprint density at radius 1 is 0.968 bits per heavy atom. The molecular weight excluding hydrogens is 436 g/mol. The Morgan fingerprint density at radius 2 is 1.61 bits per heavy atom. The first-order chi connectivity index (χ1) is 14.7. The minimum atomic E-state index is -4.03. The molecule has 3 rings (SSSR count). The summed E-state index contributed by atoms with van der Waals surface area (Å²) < 4.78 is 27.7. The fourth-order valence-electron chi connectivity index (χ4n) is 2.91. The van der Waals surface area contributed by atoms with Crippen molar-refractivity contribution in [2.75, 3.05) is 16.2 Å². The van der Waals surface area contributed by atoms with Crippen LogP contribution in [0.2, 0.25) is 5.02 Å². The number of hydrogen-bond acceptors (Lipinski definition) is 4. The molecule has 0 aromatic heterocycles. The molecule has 0 spiro atoms. The molecule has 0 unspecified atom stereocenters. The Morgan fingerprint density at radius 3 is 2.23 bits per heavy atom. The van der Waals surface area contributed by atoms with Crippen molar-refractivity contribution in [2.24, 2.45) is 0 Å². The number of benzene rings is 3. The highest BCUT2D eigenvalue weighted by Crippen LogP contribution is 2.25. The van der Waals surface area contributed by atoms with Crippen LogP contribution in [-0.2, 0) is 14.8 Å². The summed E-state index contributed by atoms with van der Waals surface area (Å²) in [6.45, 7) is 2.87. The van der Waals surface area contributed by atoms with Gasteiger partial charge in [0.2, 0.25) is 5.91 Å². The normalized spacial score (nSPS) is 11.1. The van der Waals surface area contributed by atoms with E-state index in [1.165, 1.54) is 31.2 Å². The molecule has 0 saturated carbocycles. The highest BCUT2D eigenvalue weighted by atomic mass is 35.5. The average Bonchev–Trinajstić information content (AvgIpc) is 2.73. The molecule has 0 aliphatic heterocycles. The predicted octanol–water partition coefficient (Wildman–Crippen LogP) is 4.69. The first-order valence-electron chi connectivity index (χ1n) is 9.42. The number of nitrogens with one attached hydrogen (secondary N) is 1. The summed E-state index contributed by atoms with van der Waals surface area (Å²) in [5, 5.41) is 3.07. The summed E-state index contributed by atoms with van der Waals surface area (Å²) in [6.07, 6.45) is 0. The number of aryl methyl sites for hydroxylation is 1. The van der Waals surface area contributed by atoms with Gasteiger partial charge < -0.3 is 5.32 Å². The van der Waals surface area contributed by atoms with Gasteiger partial charge in [-0.05, 0) is 62.4 Å². The molecule has 0 bridgehead atoms. The third-order valence-electron chi connectivity index (χ3n) is 4.56. The van der Waals surface area contributed by atoms with Crippen molar-refractivity contribution in [3.63, 3.8) is 0 Å². The lowest BCUT2D eigenvalue weighted by molar-refractivity contribution is -0.114. The molecule has 0 aliphatic rings. The maximum absolute atomic E-state index is 13.3. The van der Waals surface area contributed by atoms with Gasteiger partial charge in [0.05, 0.1) is 10.6 Å². The number of sulfonamides is 1. The van der Waals surface area contributed by atoms with Crippen molar-refractivity contribution in [1.29, 1.82) is 0 Å². The number of halogens is 1. The van der Waals surface area contributed by atoms with Gasteiger partial charge in [-0.2, -0.15) is 0 Å². The third kappa shape index (κ3) is 5.51. The van der Waals surface area contributed by atoms with Gasteiger partial charge in [-0.25, -0.2) is 8.42 Å². The Bertz CT molecular complexity index is 1210. The molecule has 0 atom stereocenters. The molecule has 0 aliphatic carbocycles. The lowest BCUT2D eigenvalue weighted by atomic mass is 10.1. The van der Waals surface area contributed by atoms with Crippen molar-refractivity contribution >= 4 is 44.7 Å². The van der Waals surface area contributed by atoms with Crippen molar-refractivity contribution in [3.8, 4) is 0 Å². The van der Waals surface area contributed by atoms with Crippen LogP contribution in [0.25, 0.3) is 0 Å². The van der Waals surface area contributed by atoms with Crippen LogP contribution in [0.15, 0.2) is 77.7 Å². The SMILES string of the molecule is CC(=O)c1cccc(NC(=O)CN(c2ccc(C)cc2)S(=O)(=O)c2ccc(Cl)cc2)c1. The number of rotatable bonds is 7. The highest BCUT2D eigenvalue weighted by Gasteiger charge is 2.27. The maximum atomic E-state index is 13.3. The van der Waals surface area contributed by atoms with E-state index in [9.17, 15) is 18.0 Å². The number of ketones is 1. The van der Waals surface area contributed by atoms with Gasteiger partial charge in [-0.3, -0.25) is 13.9 Å². The summed E-state index contributed by atoms with van der Waals surface area (Å²) in [7, 11) is -4.03. The van der Waals surface area contributed by atoms with Crippen LogP contribution < -0.4 is 9.62 Å². The number of nitrogens with zero attached hydrogens (tertiary/aromatic N) is 1. The van der Waals surface area contributed by atoms with E-state index in [0.717, 1.165) is 9.87 Å². The van der Waals surface area contributed by atoms with Crippen LogP contribution in [0, 0.1) is 6.92 Å². The summed E-state index contributed by atoms with van der Waals surface area (Å²) in [4.78, 5) is 24.3. The van der Waals surface area contributed by atoms with Gasteiger partial charge in [0, 0.05) is 16.3 Å². The summed E-state index contributed by atoms with van der Waals surface area (Å²) in [6, 6.07) is 19.1. The van der Waals surface area contributed by atoms with E-state index < -0.39 is 22.5 Å². The molecule has 0 fully saturated rings. The van der Waals surface area contributed by atoms with Crippen molar-refractivity contribution in [3.05, 3.63) is 88.9 Å². The van der Waals surface area contributed by atoms with Crippen LogP contribution in [0.4, 0.5) is 11.4 Å². The molecule has 31 heavy (non-hydrogen) atoms. The van der Waals surface area contributed by atoms with E-state index in [1.807, 2.05) is 6.92 Å². The van der Waals surface area contributed by atoms with E-state index in [-0.39, 0.29) is 10.7 Å². The monoisotopic (exact) mass is 456 g/mol. The zero-order valence-corrected chi connectivity index (χ0v) is 18.6. The zero-order chi connectivity index (χ0) is 22.6. The van der Waals surface area contributed by atoms with Gasteiger partial charge in [0.15, 0.2) is 5.78 Å². The smallest absolute Gasteiger partial charge is 0.264 e. The summed E-state index contributed by atoms with van der Waals surface area (Å²) in [5.74, 6) is -0.679. The Labute approximate surface area is 186 Å². The molecule has 6 nitrogen and oxygen atoms in total. The Balaban J connectivity index is 1.92. The second-order valence-electron chi connectivity index (χ2n) is 6.99. The Hall–Kier alpha value is -3.16. The fourth-order valence-corrected chi connectivity index (χ4v) is 4.45. The molecule has 3 aromatic rings. The third-order valence-corrected chi connectivity index (χ3v) is 6.60. The molecule has 0 radical (unpaired) electrons. The first-order valence-corrected chi connectivity index (χ1v) is 11.2. The first kappa shape index (κ1) is 22.5. The molecule has 0 heterocycles. The standard InChI is InChI=1S/C23H21ClN2O4S/c1-16-6-10-21(11-7-16)26(31(29,30)22-12-8-19(24)9-13-22)15-23(28)25-20-5-3-4-18(14-20)17(2)27/h3-14H,15H2,1-2H3,(H,25,28). The van der Waals surface area contributed by atoms with Gasteiger partial charge in [-0.15, -0.1) is 0 Å². The van der Waals surface area contributed by atoms with Gasteiger partial charge in [0.1, 0.15) is 6.54 Å². The van der Waals surface area contributed by atoms with Crippen molar-refractivity contribution < 1.29 is 18.0 Å². The van der Waals surface area contributed by atoms with E-state index in [1.54, 1.807) is 48.5 Å². The van der Waals surface area contributed by atoms with Crippen LogP contribution in [0.1, 0.15) is 22.8 Å². The van der Waals surface area contributed by atoms with Crippen LogP contribution in [0.3, 0.4) is 0 Å². The number of Topliss-reactive ketones (excluding diaryl/α,β-unsaturated/α-hetero) is 1. The maximum Gasteiger partial charge on any atom is 0.264 e. The number of carbonyl (C=O) groups is 2. The van der Waals surface area contributed by atoms with Crippen LogP contribution in [-0.4, -0.2) is 26.7 Å². The molecule has 1 N–H and O–H groups in total. The van der Waals surface area contributed by atoms with Crippen LogP contribution >= 0.6 is 11.6 Å². The highest BCUT2D eigenvalue weighted by molar-refractivity contribution is 7.92. The minimum absolute atomic E-state index is 0.0175. The molecule has 8 heteroatoms. The van der Waals surface area contributed by atoms with Gasteiger partial charge in [0.25, 0.3) is 10.0 Å². The second kappa shape index (κ2) is 9.32. The number of carbonyl (C=O) groups excluding carboxylic acids is 2. The van der Waals surface area contributed by atoms with Gasteiger partial charge >= 0.3 is 0 Å². The largest absolute Gasteiger partial charge is 0.324 e. The molecule has 3 aromatic carbocycles. The minimum Gasteiger partial charge on any atom is -0.324 e. The van der Waals surface area contributed by atoms with E-state index in [4.69, 9.17) is 11.6 Å².